The first kappa shape index (κ1) is 16.7. The number of benzene rings is 1. The van der Waals surface area contributed by atoms with Crippen molar-refractivity contribution in [2.24, 2.45) is 0 Å². The molecule has 1 atom stereocenters. The quantitative estimate of drug-likeness (QED) is 0.855. The molecular formula is C20H23NO3. The van der Waals surface area contributed by atoms with Gasteiger partial charge in [-0.3, -0.25) is 9.78 Å². The summed E-state index contributed by atoms with van der Waals surface area (Å²) in [4.78, 5) is 17.0. The summed E-state index contributed by atoms with van der Waals surface area (Å²) in [6.45, 7) is 2.13. The van der Waals surface area contributed by atoms with Crippen LogP contribution in [-0.4, -0.2) is 21.7 Å². The molecule has 24 heavy (non-hydrogen) atoms. The molecule has 4 nitrogen and oxygen atoms in total. The van der Waals surface area contributed by atoms with E-state index in [0.29, 0.717) is 18.5 Å². The number of aromatic nitrogens is 1. The highest BCUT2D eigenvalue weighted by atomic mass is 16.5. The average molecular weight is 325 g/mol. The maximum absolute atomic E-state index is 12.8. The van der Waals surface area contributed by atoms with Gasteiger partial charge in [0.15, 0.2) is 0 Å². The van der Waals surface area contributed by atoms with Crippen molar-refractivity contribution in [1.29, 1.82) is 0 Å². The molecule has 1 aromatic heterocycles. The molecule has 3 rings (SSSR count). The summed E-state index contributed by atoms with van der Waals surface area (Å²) in [6.07, 6.45) is 4.80. The van der Waals surface area contributed by atoms with Gasteiger partial charge in [-0.2, -0.15) is 0 Å². The first-order valence-corrected chi connectivity index (χ1v) is 8.44. The predicted molar refractivity (Wildman–Crippen MR) is 91.4 cm³/mol. The van der Waals surface area contributed by atoms with E-state index in [0.717, 1.165) is 24.0 Å². The Labute approximate surface area is 142 Å². The van der Waals surface area contributed by atoms with Crippen LogP contribution in [0.3, 0.4) is 0 Å². The van der Waals surface area contributed by atoms with E-state index in [1.54, 1.807) is 6.20 Å². The first-order valence-electron chi connectivity index (χ1n) is 8.44. The monoisotopic (exact) mass is 325 g/mol. The Morgan fingerprint density at radius 1 is 1.21 bits per heavy atom. The van der Waals surface area contributed by atoms with Gasteiger partial charge in [-0.25, -0.2) is 0 Å². The van der Waals surface area contributed by atoms with Gasteiger partial charge in [-0.05, 0) is 37.5 Å². The molecule has 0 amide bonds. The van der Waals surface area contributed by atoms with Gasteiger partial charge in [0.05, 0.1) is 11.3 Å². The molecule has 1 unspecified atom stereocenters. The lowest BCUT2D eigenvalue weighted by atomic mass is 9.80. The first-order chi connectivity index (χ1) is 11.6. The minimum Gasteiger partial charge on any atom is -0.459 e. The number of esters is 1. The minimum absolute atomic E-state index is 0.123. The van der Waals surface area contributed by atoms with Crippen LogP contribution < -0.4 is 0 Å². The summed E-state index contributed by atoms with van der Waals surface area (Å²) in [5, 5.41) is 11.0. The zero-order valence-electron chi connectivity index (χ0n) is 13.9. The van der Waals surface area contributed by atoms with E-state index in [1.165, 1.54) is 0 Å². The summed E-state index contributed by atoms with van der Waals surface area (Å²) in [7, 11) is 0. The lowest BCUT2D eigenvalue weighted by Crippen LogP contribution is -2.39. The average Bonchev–Trinajstić information content (AvgIpc) is 3.03. The van der Waals surface area contributed by atoms with E-state index in [4.69, 9.17) is 4.74 Å². The van der Waals surface area contributed by atoms with Gasteiger partial charge >= 0.3 is 5.97 Å². The molecule has 1 N–H and O–H groups in total. The third-order valence-electron chi connectivity index (χ3n) is 4.74. The van der Waals surface area contributed by atoms with Crippen molar-refractivity contribution in [2.75, 3.05) is 0 Å². The summed E-state index contributed by atoms with van der Waals surface area (Å²) in [5.74, 6) is -1.03. The second-order valence-electron chi connectivity index (χ2n) is 6.58. The van der Waals surface area contributed by atoms with Crippen LogP contribution in [0, 0.1) is 6.92 Å². The molecule has 0 bridgehead atoms. The number of hydrogen-bond donors (Lipinski definition) is 1. The third kappa shape index (κ3) is 3.65. The predicted octanol–water partition coefficient (Wildman–Crippen LogP) is 3.52. The molecule has 1 fully saturated rings. The number of nitrogens with zero attached hydrogens (tertiary/aromatic N) is 1. The second kappa shape index (κ2) is 7.14. The summed E-state index contributed by atoms with van der Waals surface area (Å²) in [6, 6.07) is 13.3. The van der Waals surface area contributed by atoms with Gasteiger partial charge < -0.3 is 9.84 Å². The molecule has 4 heteroatoms. The lowest BCUT2D eigenvalue weighted by Gasteiger charge is -2.31. The molecule has 126 valence electrons. The molecule has 0 saturated heterocycles. The number of rotatable bonds is 5. The molecule has 2 aromatic rings. The fraction of sp³-hybridized carbons (Fsp3) is 0.400. The smallest absolute Gasteiger partial charge is 0.316 e. The van der Waals surface area contributed by atoms with Gasteiger partial charge in [-0.1, -0.05) is 48.7 Å². The Hall–Kier alpha value is -2.20. The maximum atomic E-state index is 12.8. The molecule has 0 aliphatic heterocycles. The molecule has 0 spiro atoms. The van der Waals surface area contributed by atoms with Crippen molar-refractivity contribution in [3.05, 3.63) is 65.5 Å². The number of aryl methyl sites for hydroxylation is 1. The van der Waals surface area contributed by atoms with E-state index in [-0.39, 0.29) is 12.6 Å². The van der Waals surface area contributed by atoms with Gasteiger partial charge in [-0.15, -0.1) is 0 Å². The van der Waals surface area contributed by atoms with Gasteiger partial charge in [0, 0.05) is 6.20 Å². The van der Waals surface area contributed by atoms with Crippen LogP contribution in [0.2, 0.25) is 0 Å². The number of carbonyl (C=O) groups is 1. The highest BCUT2D eigenvalue weighted by molar-refractivity contribution is 5.80. The van der Waals surface area contributed by atoms with Crippen molar-refractivity contribution in [3.8, 4) is 0 Å². The zero-order valence-corrected chi connectivity index (χ0v) is 13.9. The number of pyridine rings is 1. The second-order valence-corrected chi connectivity index (χ2v) is 6.58. The normalized spacial score (nSPS) is 17.4. The molecule has 1 aliphatic carbocycles. The van der Waals surface area contributed by atoms with Crippen LogP contribution in [0.4, 0.5) is 0 Å². The van der Waals surface area contributed by atoms with E-state index >= 15 is 0 Å². The number of carbonyl (C=O) groups excluding carboxylic acids is 1. The van der Waals surface area contributed by atoms with E-state index in [1.807, 2.05) is 49.4 Å². The minimum atomic E-state index is -1.02. The highest BCUT2D eigenvalue weighted by Gasteiger charge is 2.45. The molecule has 1 aromatic carbocycles. The van der Waals surface area contributed by atoms with E-state index < -0.39 is 11.5 Å². The lowest BCUT2D eigenvalue weighted by molar-refractivity contribution is -0.154. The standard InChI is InChI=1S/C20H23NO3/c1-15-7-9-16(10-8-15)18(20(23)11-3-4-12-20)19(22)24-14-17-6-2-5-13-21-17/h2,5-10,13,18,23H,3-4,11-12,14H2,1H3. The van der Waals surface area contributed by atoms with Crippen LogP contribution in [0.15, 0.2) is 48.7 Å². The molecule has 1 heterocycles. The fourth-order valence-electron chi connectivity index (χ4n) is 3.41. The number of aliphatic hydroxyl groups is 1. The topological polar surface area (TPSA) is 59.4 Å². The molecule has 1 aliphatic rings. The van der Waals surface area contributed by atoms with Crippen molar-refractivity contribution in [3.63, 3.8) is 0 Å². The summed E-state index contributed by atoms with van der Waals surface area (Å²) in [5.41, 5.74) is 1.62. The van der Waals surface area contributed by atoms with Crippen LogP contribution in [0.1, 0.15) is 48.4 Å². The van der Waals surface area contributed by atoms with Crippen molar-refractivity contribution in [2.45, 2.75) is 50.7 Å². The van der Waals surface area contributed by atoms with Crippen LogP contribution in [-0.2, 0) is 16.1 Å². The highest BCUT2D eigenvalue weighted by Crippen LogP contribution is 2.42. The Bertz CT molecular complexity index is 676. The van der Waals surface area contributed by atoms with Gasteiger partial charge in [0.25, 0.3) is 0 Å². The van der Waals surface area contributed by atoms with Crippen molar-refractivity contribution < 1.29 is 14.6 Å². The molecular weight excluding hydrogens is 302 g/mol. The van der Waals surface area contributed by atoms with E-state index in [2.05, 4.69) is 4.98 Å². The van der Waals surface area contributed by atoms with Crippen LogP contribution >= 0.6 is 0 Å². The Morgan fingerprint density at radius 3 is 2.54 bits per heavy atom. The molecule has 0 radical (unpaired) electrons. The van der Waals surface area contributed by atoms with Gasteiger partial charge in [0.2, 0.25) is 0 Å². The van der Waals surface area contributed by atoms with Crippen LogP contribution in [0.25, 0.3) is 0 Å². The van der Waals surface area contributed by atoms with E-state index in [9.17, 15) is 9.90 Å². The fourth-order valence-corrected chi connectivity index (χ4v) is 3.41. The third-order valence-corrected chi connectivity index (χ3v) is 4.74. The Morgan fingerprint density at radius 2 is 1.92 bits per heavy atom. The molecule has 1 saturated carbocycles. The maximum Gasteiger partial charge on any atom is 0.316 e. The number of hydrogen-bond acceptors (Lipinski definition) is 4. The Kier molecular flexibility index (Phi) is 4.95. The Balaban J connectivity index is 1.81. The summed E-state index contributed by atoms with van der Waals surface area (Å²) >= 11 is 0. The number of ether oxygens (including phenoxy) is 1. The van der Waals surface area contributed by atoms with Crippen LogP contribution in [0.5, 0.6) is 0 Å². The van der Waals surface area contributed by atoms with Gasteiger partial charge in [0.1, 0.15) is 12.5 Å². The van der Waals surface area contributed by atoms with Crippen molar-refractivity contribution in [1.82, 2.24) is 4.98 Å². The summed E-state index contributed by atoms with van der Waals surface area (Å²) < 4.78 is 5.49. The largest absolute Gasteiger partial charge is 0.459 e. The van der Waals surface area contributed by atoms with Crippen molar-refractivity contribution >= 4 is 5.97 Å². The SMILES string of the molecule is Cc1ccc(C(C(=O)OCc2ccccn2)C2(O)CCCC2)cc1. The zero-order chi connectivity index (χ0) is 17.0.